The van der Waals surface area contributed by atoms with Crippen LogP contribution in [0.5, 0.6) is 0 Å². The highest BCUT2D eigenvalue weighted by Crippen LogP contribution is 2.47. The number of benzene rings is 6. The minimum absolute atomic E-state index is 0. The third kappa shape index (κ3) is 29.9. The van der Waals surface area contributed by atoms with Crippen LogP contribution in [-0.4, -0.2) is 196 Å². The molecule has 6 aromatic carbocycles. The van der Waals surface area contributed by atoms with E-state index in [0.717, 1.165) is 54.4 Å². The van der Waals surface area contributed by atoms with E-state index >= 15 is 8.78 Å². The molecule has 3 aliphatic carbocycles. The lowest BCUT2D eigenvalue weighted by molar-refractivity contribution is -0.147. The standard InChI is InChI=1S/C34H41ClFN5O4S.C30H40FN3O4S.C28H38FN3O3S.C8H13NO4.3CH4/c1-33(2,3)46(44)40-34(17-16-22-10-11-22,23-8-6-5-7-9-23)24-12-14-27(36)28(18-24)38-31(42)29-19-26(45-4)21-41(29)32(43)39-30-15-13-25(35)20-37-30;1-20(35)34-19-24(38-5)18-27(34)28(36)32-26-17-23(13-14-25(26)31)30(16-15-21-11-12-21,22-9-7-6-8-10-22)33-39(37)29(2,3)4;1-27(2,3)36(34)32-28(15-14-19-10-11-19,20-8-6-5-7-9-20)21-12-13-23(29)24(16-21)31-26(33)25-17-22(35-4)18-30-25;1-5(10)9-4-6(13-2)3-7(9)8(11)12;;;/h5-9,12-15,18,20,22,26,29,40H,10-11,16-17,19,21H2,1-4H3,(H,38,42)(H,37,39,43);6-10,13-14,17,21,24,27,33H,11-12,15-16,18-19H2,1-5H3,(H,32,36);5-9,12-13,16,19,22,25,30,32H,10-11,14-15,17-18H2,1-4H3,(H,31,33);6-7H,3-4H2,1-2H3,(H,11,12);3*1H4/t26-,29-,34?,46-;24-,27-,30?,39-;22-,25-,28?,36-;6-,7-;;;/m1111.../s1. The summed E-state index contributed by atoms with van der Waals surface area (Å²) in [7, 11) is 1.92. The zero-order valence-corrected chi connectivity index (χ0v) is 82.5. The summed E-state index contributed by atoms with van der Waals surface area (Å²) >= 11 is 5.92. The number of hydrogen-bond acceptors (Lipinski definition) is 16. The quantitative estimate of drug-likeness (QED) is 0.0184. The number of carbonyl (C=O) groups excluding carboxylic acids is 6. The van der Waals surface area contributed by atoms with E-state index in [9.17, 15) is 50.6 Å². The number of aliphatic carboxylic acids is 1. The van der Waals surface area contributed by atoms with Crippen LogP contribution in [0, 0.1) is 35.2 Å². The number of urea groups is 1. The van der Waals surface area contributed by atoms with Gasteiger partial charge >= 0.3 is 12.0 Å². The molecule has 7 aromatic rings. The Morgan fingerprint density at radius 3 is 1.04 bits per heavy atom. The average Bonchev–Trinajstić information content (AvgIpc) is 1.69. The first-order valence-electron chi connectivity index (χ1n) is 45.9. The van der Waals surface area contributed by atoms with E-state index in [0.29, 0.717) is 92.1 Å². The number of likely N-dealkylation sites (tertiary alicyclic amines) is 3. The molecule has 14 rings (SSSR count). The number of pyridine rings is 1. The number of rotatable bonds is 33. The van der Waals surface area contributed by atoms with Crippen LogP contribution in [0.2, 0.25) is 5.02 Å². The highest BCUT2D eigenvalue weighted by Gasteiger charge is 2.48. The van der Waals surface area contributed by atoms with Gasteiger partial charge in [-0.25, -0.2) is 54.5 Å². The molecule has 34 heteroatoms. The summed E-state index contributed by atoms with van der Waals surface area (Å²) in [5, 5.41) is 23.3. The molecule has 4 saturated heterocycles. The van der Waals surface area contributed by atoms with Crippen molar-refractivity contribution >= 4 is 109 Å². The molecule has 5 heterocycles. The Morgan fingerprint density at radius 1 is 0.431 bits per heavy atom. The predicted molar refractivity (Wildman–Crippen MR) is 538 cm³/mol. The molecular weight excluding hydrogens is 1830 g/mol. The lowest BCUT2D eigenvalue weighted by Gasteiger charge is -2.38. The van der Waals surface area contributed by atoms with Gasteiger partial charge < -0.3 is 60.0 Å². The van der Waals surface area contributed by atoms with Crippen LogP contribution in [0.15, 0.2) is 164 Å². The molecule has 27 nitrogen and oxygen atoms in total. The second-order valence-electron chi connectivity index (χ2n) is 38.8. The zero-order valence-electron chi connectivity index (χ0n) is 79.3. The molecule has 0 bridgehead atoms. The summed E-state index contributed by atoms with van der Waals surface area (Å²) in [6.45, 7) is 21.5. The first-order valence-corrected chi connectivity index (χ1v) is 49.7. The van der Waals surface area contributed by atoms with Crippen LogP contribution in [0.1, 0.15) is 235 Å². The summed E-state index contributed by atoms with van der Waals surface area (Å²) in [4.78, 5) is 95.4. The van der Waals surface area contributed by atoms with E-state index in [1.165, 1.54) is 92.8 Å². The third-order valence-corrected chi connectivity index (χ3v) is 30.9. The number of methoxy groups -OCH3 is 4. The van der Waals surface area contributed by atoms with E-state index in [-0.39, 0.29) is 100 Å². The second kappa shape index (κ2) is 49.7. The monoisotopic (exact) mass is 1980 g/mol. The van der Waals surface area contributed by atoms with Gasteiger partial charge in [0, 0.05) is 93.9 Å². The number of carboxylic acids is 1. The number of halogens is 4. The van der Waals surface area contributed by atoms with Crippen molar-refractivity contribution in [1.82, 2.24) is 39.2 Å². The van der Waals surface area contributed by atoms with Crippen LogP contribution in [0.4, 0.5) is 40.8 Å². The van der Waals surface area contributed by atoms with Crippen LogP contribution < -0.4 is 40.8 Å². The maximum atomic E-state index is 15.5. The van der Waals surface area contributed by atoms with E-state index in [2.05, 4.69) is 45.7 Å². The fourth-order valence-corrected chi connectivity index (χ4v) is 20.0. The Kier molecular flexibility index (Phi) is 41.1. The van der Waals surface area contributed by atoms with Gasteiger partial charge in [0.25, 0.3) is 0 Å². The second-order valence-corrected chi connectivity index (χ2v) is 45.1. The number of aromatic nitrogens is 1. The van der Waals surface area contributed by atoms with Crippen molar-refractivity contribution in [3.05, 3.63) is 220 Å². The number of carbonyl (C=O) groups is 7. The van der Waals surface area contributed by atoms with E-state index < -0.39 is 129 Å². The van der Waals surface area contributed by atoms with Gasteiger partial charge in [-0.3, -0.25) is 29.3 Å². The first kappa shape index (κ1) is 113. The average molecular weight is 1980 g/mol. The van der Waals surface area contributed by atoms with Gasteiger partial charge in [-0.15, -0.1) is 0 Å². The van der Waals surface area contributed by atoms with Gasteiger partial charge in [0.05, 0.1) is 116 Å². The number of carboxylic acid groups (broad SMARTS) is 1. The van der Waals surface area contributed by atoms with Crippen molar-refractivity contribution in [3.63, 3.8) is 0 Å². The van der Waals surface area contributed by atoms with Gasteiger partial charge in [0.1, 0.15) is 41.4 Å². The van der Waals surface area contributed by atoms with Gasteiger partial charge in [-0.1, -0.05) is 182 Å². The summed E-state index contributed by atoms with van der Waals surface area (Å²) in [6, 6.07) is 43.4. The maximum absolute atomic E-state index is 15.5. The molecule has 137 heavy (non-hydrogen) atoms. The van der Waals surface area contributed by atoms with Crippen LogP contribution >= 0.6 is 11.6 Å². The fraction of sp³-hybridized carbons (Fsp3) is 0.534. The summed E-state index contributed by atoms with van der Waals surface area (Å²) < 4.78 is 116. The smallest absolute Gasteiger partial charge is 0.326 e. The number of nitrogens with one attached hydrogen (secondary N) is 8. The van der Waals surface area contributed by atoms with Gasteiger partial charge in [-0.2, -0.15) is 0 Å². The SMILES string of the molecule is C.C.C.CO[C@@H]1C[C@H](C(=O)Nc2cc(C(CCC3CC3)(N[S@](=O)C(C)(C)C)c3ccccc3)ccc2F)N(C(=O)Nc2ccc(Cl)cn2)C1.CO[C@@H]1C[C@H](C(=O)Nc2cc(C(CCC3CC3)(N[S@](=O)C(C)(C)C)c3ccccc3)ccc2F)N(C(C)=O)C1.CO[C@@H]1C[C@H](C(=O)O)N(C(C)=O)C1.CO[C@H]1CN[C@@H](C(=O)Nc2cc(C(CCC3CC3)(N[S@](=O)C(C)(C)C)c3ccccc3)ccc2F)C1. The predicted octanol–water partition coefficient (Wildman–Crippen LogP) is 17.7. The van der Waals surface area contributed by atoms with Gasteiger partial charge in [0.2, 0.25) is 29.5 Å². The van der Waals surface area contributed by atoms with Gasteiger partial charge in [-0.05, 0) is 207 Å². The summed E-state index contributed by atoms with van der Waals surface area (Å²) in [5.74, 6) is -2.30. The highest BCUT2D eigenvalue weighted by molar-refractivity contribution is 7.85. The highest BCUT2D eigenvalue weighted by atomic mass is 35.5. The number of hydrogen-bond donors (Lipinski definition) is 9. The molecule has 752 valence electrons. The zero-order chi connectivity index (χ0) is 97.4. The molecule has 7 fully saturated rings. The van der Waals surface area contributed by atoms with Crippen molar-refractivity contribution in [2.75, 3.05) is 75.9 Å². The number of nitrogens with zero attached hydrogens (tertiary/aromatic N) is 4. The molecule has 14 atom stereocenters. The first-order chi connectivity index (χ1) is 63.5. The van der Waals surface area contributed by atoms with E-state index in [4.69, 9.17) is 35.7 Å². The van der Waals surface area contributed by atoms with E-state index in [1.54, 1.807) is 62.8 Å². The third-order valence-electron chi connectivity index (χ3n) is 25.7. The molecule has 3 saturated carbocycles. The normalized spacial score (nSPS) is 21.6. The Bertz CT molecular complexity index is 5270. The Morgan fingerprint density at radius 2 is 0.752 bits per heavy atom. The Hall–Kier alpha value is -9.23. The molecule has 0 radical (unpaired) electrons. The largest absolute Gasteiger partial charge is 0.480 e. The van der Waals surface area contributed by atoms with E-state index in [1.807, 2.05) is 153 Å². The van der Waals surface area contributed by atoms with Crippen molar-refractivity contribution in [1.29, 1.82) is 0 Å². The minimum Gasteiger partial charge on any atom is -0.480 e. The van der Waals surface area contributed by atoms with Crippen molar-refractivity contribution in [3.8, 4) is 0 Å². The number of anilines is 4. The van der Waals surface area contributed by atoms with Gasteiger partial charge in [0.15, 0.2) is 0 Å². The maximum Gasteiger partial charge on any atom is 0.326 e. The molecule has 0 spiro atoms. The topological polar surface area (TPSA) is 347 Å². The molecular formula is C103H144ClF3N12O15S3. The molecule has 7 aliphatic rings. The lowest BCUT2D eigenvalue weighted by Crippen LogP contribution is -2.49. The summed E-state index contributed by atoms with van der Waals surface area (Å²) in [5.41, 5.74) is 2.49. The number of ether oxygens (including phenoxy) is 4. The molecule has 7 amide bonds. The molecule has 4 aliphatic heterocycles. The van der Waals surface area contributed by atoms with Crippen molar-refractivity contribution in [2.24, 2.45) is 17.8 Å². The summed E-state index contributed by atoms with van der Waals surface area (Å²) in [6.07, 6.45) is 13.9. The fourth-order valence-electron chi connectivity index (χ4n) is 17.0. The number of amides is 7. The lowest BCUT2D eigenvalue weighted by atomic mass is 9.79. The molecule has 1 aromatic heterocycles. The van der Waals surface area contributed by atoms with Crippen LogP contribution in [0.25, 0.3) is 0 Å². The van der Waals surface area contributed by atoms with Crippen LogP contribution in [-0.2, 0) is 97.3 Å². The Labute approximate surface area is 820 Å². The van der Waals surface area contributed by atoms with Crippen molar-refractivity contribution in [2.45, 2.75) is 281 Å². The van der Waals surface area contributed by atoms with Crippen molar-refractivity contribution < 1.29 is 83.4 Å². The minimum atomic E-state index is -1.47. The molecule has 9 N–H and O–H groups in total. The Balaban J connectivity index is 0.000000235. The van der Waals surface area contributed by atoms with Crippen LogP contribution in [0.3, 0.4) is 0 Å². The molecule has 3 unspecified atom stereocenters.